The highest BCUT2D eigenvalue weighted by Gasteiger charge is 2.17. The van der Waals surface area contributed by atoms with Crippen LogP contribution in [0.3, 0.4) is 0 Å². The van der Waals surface area contributed by atoms with Crippen LogP contribution in [0.15, 0.2) is 22.7 Å². The molecule has 19 heavy (non-hydrogen) atoms. The summed E-state index contributed by atoms with van der Waals surface area (Å²) in [6, 6.07) is 6.13. The van der Waals surface area contributed by atoms with E-state index in [4.69, 9.17) is 5.26 Å². The van der Waals surface area contributed by atoms with Gasteiger partial charge in [0.15, 0.2) is 0 Å². The molecule has 0 radical (unpaired) electrons. The molecule has 5 heteroatoms. The van der Waals surface area contributed by atoms with Crippen molar-refractivity contribution in [3.63, 3.8) is 0 Å². The number of amides is 1. The third-order valence-corrected chi connectivity index (χ3v) is 2.93. The molecule has 1 aromatic rings. The van der Waals surface area contributed by atoms with Crippen LogP contribution in [0, 0.1) is 23.1 Å². The van der Waals surface area contributed by atoms with E-state index < -0.39 is 5.82 Å². The minimum atomic E-state index is -0.456. The van der Waals surface area contributed by atoms with E-state index in [9.17, 15) is 9.18 Å². The largest absolute Gasteiger partial charge is 0.337 e. The average molecular weight is 327 g/mol. The van der Waals surface area contributed by atoms with Crippen molar-refractivity contribution in [2.24, 2.45) is 5.92 Å². The van der Waals surface area contributed by atoms with Gasteiger partial charge in [-0.15, -0.1) is 0 Å². The fourth-order valence-corrected chi connectivity index (χ4v) is 2.23. The molecule has 0 aliphatic heterocycles. The van der Waals surface area contributed by atoms with Gasteiger partial charge in [0, 0.05) is 23.1 Å². The molecule has 0 aliphatic carbocycles. The molecule has 102 valence electrons. The maximum absolute atomic E-state index is 13.3. The Bertz CT molecular complexity index is 476. The average Bonchev–Trinajstić information content (AvgIpc) is 2.32. The number of hydrogen-bond donors (Lipinski definition) is 0. The molecular weight excluding hydrogens is 311 g/mol. The summed E-state index contributed by atoms with van der Waals surface area (Å²) in [6.45, 7) is 4.90. The number of rotatable bonds is 5. The highest BCUT2D eigenvalue weighted by molar-refractivity contribution is 9.10. The van der Waals surface area contributed by atoms with E-state index in [1.165, 1.54) is 12.1 Å². The lowest BCUT2D eigenvalue weighted by molar-refractivity contribution is 0.0739. The van der Waals surface area contributed by atoms with Crippen molar-refractivity contribution in [1.82, 2.24) is 4.90 Å². The second-order valence-electron chi connectivity index (χ2n) is 4.71. The van der Waals surface area contributed by atoms with E-state index in [0.717, 1.165) is 0 Å². The lowest BCUT2D eigenvalue weighted by Gasteiger charge is -2.23. The summed E-state index contributed by atoms with van der Waals surface area (Å²) in [7, 11) is 0. The van der Waals surface area contributed by atoms with E-state index in [1.807, 2.05) is 19.9 Å². The summed E-state index contributed by atoms with van der Waals surface area (Å²) in [5.41, 5.74) is 0.297. The number of benzene rings is 1. The molecule has 1 rings (SSSR count). The minimum absolute atomic E-state index is 0.246. The van der Waals surface area contributed by atoms with Crippen molar-refractivity contribution in [1.29, 1.82) is 5.26 Å². The van der Waals surface area contributed by atoms with Crippen LogP contribution < -0.4 is 0 Å². The third kappa shape index (κ3) is 4.99. The maximum atomic E-state index is 13.3. The van der Waals surface area contributed by atoms with Gasteiger partial charge in [-0.05, 0) is 24.1 Å². The Morgan fingerprint density at radius 1 is 1.47 bits per heavy atom. The Hall–Kier alpha value is -1.41. The van der Waals surface area contributed by atoms with Gasteiger partial charge in [0.2, 0.25) is 0 Å². The lowest BCUT2D eigenvalue weighted by atomic mass is 10.1. The fraction of sp³-hybridized carbons (Fsp3) is 0.429. The van der Waals surface area contributed by atoms with Crippen molar-refractivity contribution in [2.45, 2.75) is 20.3 Å². The third-order valence-electron chi connectivity index (χ3n) is 2.48. The van der Waals surface area contributed by atoms with Gasteiger partial charge in [0.1, 0.15) is 5.82 Å². The molecule has 1 aromatic carbocycles. The number of hydrogen-bond acceptors (Lipinski definition) is 2. The number of carbonyl (C=O) groups is 1. The minimum Gasteiger partial charge on any atom is -0.337 e. The Labute approximate surface area is 121 Å². The van der Waals surface area contributed by atoms with Gasteiger partial charge in [0.25, 0.3) is 5.91 Å². The van der Waals surface area contributed by atoms with E-state index in [0.29, 0.717) is 29.0 Å². The molecule has 0 saturated carbocycles. The van der Waals surface area contributed by atoms with E-state index in [2.05, 4.69) is 15.9 Å². The standard InChI is InChI=1S/C14H16BrFN2O/c1-10(2)9-18(5-3-4-17)14(19)11-6-12(15)8-13(16)7-11/h6-8,10H,3,5,9H2,1-2H3. The molecule has 0 heterocycles. The van der Waals surface area contributed by atoms with E-state index in [-0.39, 0.29) is 12.3 Å². The van der Waals surface area contributed by atoms with Gasteiger partial charge in [0.05, 0.1) is 12.5 Å². The maximum Gasteiger partial charge on any atom is 0.254 e. The predicted octanol–water partition coefficient (Wildman–Crippen LogP) is 3.60. The molecule has 1 amide bonds. The first-order chi connectivity index (χ1) is 8.93. The van der Waals surface area contributed by atoms with Crippen LogP contribution >= 0.6 is 15.9 Å². The molecule has 0 atom stereocenters. The van der Waals surface area contributed by atoms with Crippen LogP contribution in [0.4, 0.5) is 4.39 Å². The van der Waals surface area contributed by atoms with Crippen molar-refractivity contribution in [3.05, 3.63) is 34.1 Å². The van der Waals surface area contributed by atoms with Gasteiger partial charge in [-0.1, -0.05) is 29.8 Å². The van der Waals surface area contributed by atoms with Crippen molar-refractivity contribution in [2.75, 3.05) is 13.1 Å². The van der Waals surface area contributed by atoms with Crippen LogP contribution in [-0.2, 0) is 0 Å². The Morgan fingerprint density at radius 3 is 2.68 bits per heavy atom. The monoisotopic (exact) mass is 326 g/mol. The van der Waals surface area contributed by atoms with Gasteiger partial charge in [-0.2, -0.15) is 5.26 Å². The second kappa shape index (κ2) is 7.25. The summed E-state index contributed by atoms with van der Waals surface area (Å²) in [4.78, 5) is 13.9. The molecular formula is C14H16BrFN2O. The predicted molar refractivity (Wildman–Crippen MR) is 75.1 cm³/mol. The number of nitriles is 1. The molecule has 0 aliphatic rings. The van der Waals surface area contributed by atoms with Crippen molar-refractivity contribution in [3.8, 4) is 6.07 Å². The van der Waals surface area contributed by atoms with E-state index in [1.54, 1.807) is 11.0 Å². The highest BCUT2D eigenvalue weighted by atomic mass is 79.9. The van der Waals surface area contributed by atoms with E-state index >= 15 is 0 Å². The summed E-state index contributed by atoms with van der Waals surface area (Å²) in [5.74, 6) is -0.411. The summed E-state index contributed by atoms with van der Waals surface area (Å²) < 4.78 is 13.8. The van der Waals surface area contributed by atoms with Crippen molar-refractivity contribution < 1.29 is 9.18 Å². The molecule has 0 fully saturated rings. The number of halogens is 2. The van der Waals surface area contributed by atoms with Crippen molar-refractivity contribution >= 4 is 21.8 Å². The summed E-state index contributed by atoms with van der Waals surface area (Å²) in [5, 5.41) is 8.63. The molecule has 0 aromatic heterocycles. The van der Waals surface area contributed by atoms with Gasteiger partial charge < -0.3 is 4.90 Å². The second-order valence-corrected chi connectivity index (χ2v) is 5.63. The molecule has 0 N–H and O–H groups in total. The van der Waals surface area contributed by atoms with Crippen LogP contribution in [0.25, 0.3) is 0 Å². The zero-order chi connectivity index (χ0) is 14.4. The first kappa shape index (κ1) is 15.6. The van der Waals surface area contributed by atoms with Crippen LogP contribution in [0.2, 0.25) is 0 Å². The fourth-order valence-electron chi connectivity index (χ4n) is 1.76. The first-order valence-corrected chi connectivity index (χ1v) is 6.85. The molecule has 0 saturated heterocycles. The smallest absolute Gasteiger partial charge is 0.254 e. The van der Waals surface area contributed by atoms with Gasteiger partial charge in [-0.25, -0.2) is 4.39 Å². The number of nitrogens with zero attached hydrogens (tertiary/aromatic N) is 2. The van der Waals surface area contributed by atoms with Gasteiger partial charge >= 0.3 is 0 Å². The van der Waals surface area contributed by atoms with Crippen LogP contribution in [-0.4, -0.2) is 23.9 Å². The molecule has 3 nitrogen and oxygen atoms in total. The summed E-state index contributed by atoms with van der Waals surface area (Å²) >= 11 is 3.17. The Kier molecular flexibility index (Phi) is 5.97. The Morgan fingerprint density at radius 2 is 2.16 bits per heavy atom. The zero-order valence-corrected chi connectivity index (χ0v) is 12.6. The summed E-state index contributed by atoms with van der Waals surface area (Å²) in [6.07, 6.45) is 0.273. The number of carbonyl (C=O) groups excluding carboxylic acids is 1. The normalized spacial score (nSPS) is 10.3. The van der Waals surface area contributed by atoms with Crippen LogP contribution in [0.1, 0.15) is 30.6 Å². The topological polar surface area (TPSA) is 44.1 Å². The Balaban J connectivity index is 2.94. The molecule has 0 spiro atoms. The zero-order valence-electron chi connectivity index (χ0n) is 11.0. The first-order valence-electron chi connectivity index (χ1n) is 6.06. The lowest BCUT2D eigenvalue weighted by Crippen LogP contribution is -2.35. The SMILES string of the molecule is CC(C)CN(CCC#N)C(=O)c1cc(F)cc(Br)c1. The van der Waals surface area contributed by atoms with Gasteiger partial charge in [-0.3, -0.25) is 4.79 Å². The van der Waals surface area contributed by atoms with Crippen LogP contribution in [0.5, 0.6) is 0 Å². The quantitative estimate of drug-likeness (QED) is 0.829. The highest BCUT2D eigenvalue weighted by Crippen LogP contribution is 2.17. The molecule has 0 unspecified atom stereocenters. The molecule has 0 bridgehead atoms.